The average molecular weight is 142 g/mol. The van der Waals surface area contributed by atoms with Gasteiger partial charge < -0.3 is 9.53 Å². The largest absolute Gasteiger partial charge is 0.466 e. The van der Waals surface area contributed by atoms with Crippen LogP contribution in [0.4, 0.5) is 0 Å². The van der Waals surface area contributed by atoms with Crippen molar-refractivity contribution < 1.29 is 14.3 Å². The first kappa shape index (κ1) is 8.88. The van der Waals surface area contributed by atoms with Crippen molar-refractivity contribution in [3.05, 3.63) is 12.2 Å². The van der Waals surface area contributed by atoms with Crippen molar-refractivity contribution in [3.63, 3.8) is 0 Å². The van der Waals surface area contributed by atoms with Crippen molar-refractivity contribution in [1.29, 1.82) is 0 Å². The molecule has 0 unspecified atom stereocenters. The summed E-state index contributed by atoms with van der Waals surface area (Å²) < 4.78 is 4.35. The van der Waals surface area contributed by atoms with Gasteiger partial charge in [0.15, 0.2) is 0 Å². The Kier molecular flexibility index (Phi) is 4.20. The minimum atomic E-state index is -0.443. The number of esters is 1. The highest BCUT2D eigenvalue weighted by atomic mass is 16.5. The Morgan fingerprint density at radius 3 is 2.70 bits per heavy atom. The van der Waals surface area contributed by atoms with E-state index < -0.39 is 5.97 Å². The minimum Gasteiger partial charge on any atom is -0.466 e. The summed E-state index contributed by atoms with van der Waals surface area (Å²) in [7, 11) is 1.29. The third-order valence-electron chi connectivity index (χ3n) is 1.04. The first-order valence-electron chi connectivity index (χ1n) is 2.92. The number of carbonyl (C=O) groups excluding carboxylic acids is 2. The van der Waals surface area contributed by atoms with Crippen LogP contribution in [-0.2, 0) is 14.3 Å². The number of ether oxygens (including phenoxy) is 1. The molecule has 0 aromatic carbocycles. The summed E-state index contributed by atoms with van der Waals surface area (Å²) in [6.07, 6.45) is 1.46. The molecule has 0 aliphatic heterocycles. The van der Waals surface area contributed by atoms with Gasteiger partial charge in [-0.05, 0) is 6.42 Å². The molecule has 0 heterocycles. The van der Waals surface area contributed by atoms with Crippen molar-refractivity contribution in [2.45, 2.75) is 12.8 Å². The molecule has 0 amide bonds. The predicted octanol–water partition coefficient (Wildman–Crippen LogP) is 0.695. The Bertz CT molecular complexity index is 149. The first-order valence-corrected chi connectivity index (χ1v) is 2.92. The molecule has 3 heteroatoms. The molecule has 0 saturated carbocycles. The molecule has 0 radical (unpaired) electrons. The summed E-state index contributed by atoms with van der Waals surface area (Å²) in [4.78, 5) is 20.4. The predicted molar refractivity (Wildman–Crippen MR) is 36.5 cm³/mol. The number of rotatable bonds is 4. The summed E-state index contributed by atoms with van der Waals surface area (Å²) >= 11 is 0. The van der Waals surface area contributed by atoms with E-state index in [0.717, 1.165) is 6.29 Å². The van der Waals surface area contributed by atoms with Crippen LogP contribution >= 0.6 is 0 Å². The second-order valence-electron chi connectivity index (χ2n) is 1.80. The molecule has 0 aromatic heterocycles. The minimum absolute atomic E-state index is 0.327. The highest BCUT2D eigenvalue weighted by Crippen LogP contribution is 2.01. The van der Waals surface area contributed by atoms with Crippen LogP contribution in [0, 0.1) is 0 Å². The van der Waals surface area contributed by atoms with Gasteiger partial charge in [-0.3, -0.25) is 0 Å². The van der Waals surface area contributed by atoms with Gasteiger partial charge in [0.25, 0.3) is 0 Å². The normalized spacial score (nSPS) is 8.50. The number of aldehydes is 1. The molecule has 0 rings (SSSR count). The van der Waals surface area contributed by atoms with E-state index in [9.17, 15) is 9.59 Å². The van der Waals surface area contributed by atoms with Crippen molar-refractivity contribution in [2.24, 2.45) is 0 Å². The van der Waals surface area contributed by atoms with Crippen LogP contribution in [0.15, 0.2) is 12.2 Å². The van der Waals surface area contributed by atoms with Gasteiger partial charge >= 0.3 is 5.97 Å². The van der Waals surface area contributed by atoms with Crippen molar-refractivity contribution in [2.75, 3.05) is 7.11 Å². The SMILES string of the molecule is C=C(CCC=O)C(=O)OC. The molecule has 0 aliphatic rings. The van der Waals surface area contributed by atoms with Gasteiger partial charge in [-0.25, -0.2) is 4.79 Å². The molecular weight excluding hydrogens is 132 g/mol. The van der Waals surface area contributed by atoms with Crippen LogP contribution in [0.1, 0.15) is 12.8 Å². The second-order valence-corrected chi connectivity index (χ2v) is 1.80. The topological polar surface area (TPSA) is 43.4 Å². The third-order valence-corrected chi connectivity index (χ3v) is 1.04. The monoisotopic (exact) mass is 142 g/mol. The van der Waals surface area contributed by atoms with Crippen molar-refractivity contribution in [3.8, 4) is 0 Å². The molecule has 10 heavy (non-hydrogen) atoms. The van der Waals surface area contributed by atoms with E-state index in [1.807, 2.05) is 0 Å². The molecule has 0 aliphatic carbocycles. The summed E-state index contributed by atoms with van der Waals surface area (Å²) in [5, 5.41) is 0. The van der Waals surface area contributed by atoms with Crippen molar-refractivity contribution in [1.82, 2.24) is 0 Å². The van der Waals surface area contributed by atoms with Crippen LogP contribution in [0.25, 0.3) is 0 Å². The molecule has 0 fully saturated rings. The number of methoxy groups -OCH3 is 1. The summed E-state index contributed by atoms with van der Waals surface area (Å²) in [5.41, 5.74) is 0.342. The van der Waals surface area contributed by atoms with Gasteiger partial charge in [-0.15, -0.1) is 0 Å². The summed E-state index contributed by atoms with van der Waals surface area (Å²) in [6.45, 7) is 3.43. The number of hydrogen-bond donors (Lipinski definition) is 0. The van der Waals surface area contributed by atoms with E-state index in [1.54, 1.807) is 0 Å². The Labute approximate surface area is 59.7 Å². The molecule has 0 bridgehead atoms. The van der Waals surface area contributed by atoms with Gasteiger partial charge in [0.1, 0.15) is 6.29 Å². The van der Waals surface area contributed by atoms with Gasteiger partial charge in [0.2, 0.25) is 0 Å². The lowest BCUT2D eigenvalue weighted by molar-refractivity contribution is -0.136. The summed E-state index contributed by atoms with van der Waals surface area (Å²) in [5.74, 6) is -0.443. The molecule has 0 atom stereocenters. The molecule has 56 valence electrons. The first-order chi connectivity index (χ1) is 4.72. The highest BCUT2D eigenvalue weighted by molar-refractivity contribution is 5.87. The average Bonchev–Trinajstić information content (AvgIpc) is 1.98. The van der Waals surface area contributed by atoms with Gasteiger partial charge in [0, 0.05) is 12.0 Å². The van der Waals surface area contributed by atoms with Crippen molar-refractivity contribution >= 4 is 12.3 Å². The zero-order chi connectivity index (χ0) is 7.98. The fourth-order valence-corrected chi connectivity index (χ4v) is 0.480. The van der Waals surface area contributed by atoms with E-state index in [4.69, 9.17) is 0 Å². The smallest absolute Gasteiger partial charge is 0.333 e. The van der Waals surface area contributed by atoms with E-state index in [1.165, 1.54) is 7.11 Å². The van der Waals surface area contributed by atoms with Crippen LogP contribution < -0.4 is 0 Å². The van der Waals surface area contributed by atoms with Crippen LogP contribution in [0.3, 0.4) is 0 Å². The second kappa shape index (κ2) is 4.73. The van der Waals surface area contributed by atoms with Gasteiger partial charge in [-0.1, -0.05) is 6.58 Å². The lowest BCUT2D eigenvalue weighted by Crippen LogP contribution is -2.03. The standard InChI is InChI=1S/C7H10O3/c1-6(4-3-5-8)7(9)10-2/h5H,1,3-4H2,2H3. The lowest BCUT2D eigenvalue weighted by Gasteiger charge is -1.98. The quantitative estimate of drug-likeness (QED) is 0.329. The van der Waals surface area contributed by atoms with Crippen LogP contribution in [0.2, 0.25) is 0 Å². The van der Waals surface area contributed by atoms with Crippen LogP contribution in [0.5, 0.6) is 0 Å². The Morgan fingerprint density at radius 2 is 2.30 bits per heavy atom. The Morgan fingerprint density at radius 1 is 1.70 bits per heavy atom. The Balaban J connectivity index is 3.62. The number of carbonyl (C=O) groups is 2. The van der Waals surface area contributed by atoms with Gasteiger partial charge in [-0.2, -0.15) is 0 Å². The number of hydrogen-bond acceptors (Lipinski definition) is 3. The maximum atomic E-state index is 10.6. The molecule has 3 nitrogen and oxygen atoms in total. The fourth-order valence-electron chi connectivity index (χ4n) is 0.480. The lowest BCUT2D eigenvalue weighted by atomic mass is 10.2. The third kappa shape index (κ3) is 3.02. The zero-order valence-corrected chi connectivity index (χ0v) is 5.92. The molecule has 0 aromatic rings. The van der Waals surface area contributed by atoms with E-state index >= 15 is 0 Å². The molecular formula is C7H10O3. The summed E-state index contributed by atoms with van der Waals surface area (Å²) in [6, 6.07) is 0. The highest BCUT2D eigenvalue weighted by Gasteiger charge is 2.04. The van der Waals surface area contributed by atoms with E-state index in [-0.39, 0.29) is 0 Å². The molecule has 0 saturated heterocycles. The van der Waals surface area contributed by atoms with E-state index in [0.29, 0.717) is 18.4 Å². The van der Waals surface area contributed by atoms with Gasteiger partial charge in [0.05, 0.1) is 7.11 Å². The maximum Gasteiger partial charge on any atom is 0.333 e. The van der Waals surface area contributed by atoms with E-state index in [2.05, 4.69) is 11.3 Å². The van der Waals surface area contributed by atoms with Crippen LogP contribution in [-0.4, -0.2) is 19.4 Å². The molecule has 0 N–H and O–H groups in total. The zero-order valence-electron chi connectivity index (χ0n) is 5.92. The fraction of sp³-hybridized carbons (Fsp3) is 0.429. The maximum absolute atomic E-state index is 10.6. The Hall–Kier alpha value is -1.12. The molecule has 0 spiro atoms.